The number of hydrogen-bond acceptors (Lipinski definition) is 4. The summed E-state index contributed by atoms with van der Waals surface area (Å²) in [6.07, 6.45) is 0. The van der Waals surface area contributed by atoms with Gasteiger partial charge in [-0.05, 0) is 67.4 Å². The Bertz CT molecular complexity index is 1250. The monoisotopic (exact) mass is 432 g/mol. The lowest BCUT2D eigenvalue weighted by atomic mass is 10.1. The largest absolute Gasteiger partial charge is 0.497 e. The molecule has 0 fully saturated rings. The van der Waals surface area contributed by atoms with E-state index in [1.54, 1.807) is 48.2 Å². The van der Waals surface area contributed by atoms with Crippen LogP contribution in [-0.2, 0) is 0 Å². The van der Waals surface area contributed by atoms with Gasteiger partial charge in [0, 0.05) is 16.3 Å². The zero-order valence-corrected chi connectivity index (χ0v) is 18.1. The van der Waals surface area contributed by atoms with Gasteiger partial charge in [-0.3, -0.25) is 4.79 Å². The van der Waals surface area contributed by atoms with Gasteiger partial charge in [0.05, 0.1) is 12.8 Å². The summed E-state index contributed by atoms with van der Waals surface area (Å²) in [5.41, 5.74) is 4.42. The number of aryl methyl sites for hydroxylation is 1. The molecule has 156 valence electrons. The SMILES string of the molecule is COc1ccc(NC(=O)c2nc(-c3cccc(Cl)c3)n(-c3cccc(C)c3C)n2)cc1. The Morgan fingerprint density at radius 3 is 2.48 bits per heavy atom. The van der Waals surface area contributed by atoms with Crippen molar-refractivity contribution in [1.82, 2.24) is 14.8 Å². The summed E-state index contributed by atoms with van der Waals surface area (Å²) < 4.78 is 6.85. The highest BCUT2D eigenvalue weighted by atomic mass is 35.5. The van der Waals surface area contributed by atoms with E-state index < -0.39 is 5.91 Å². The van der Waals surface area contributed by atoms with E-state index in [2.05, 4.69) is 15.4 Å². The summed E-state index contributed by atoms with van der Waals surface area (Å²) in [6.45, 7) is 4.05. The van der Waals surface area contributed by atoms with Crippen LogP contribution in [-0.4, -0.2) is 27.8 Å². The molecule has 1 heterocycles. The maximum atomic E-state index is 12.9. The highest BCUT2D eigenvalue weighted by molar-refractivity contribution is 6.30. The van der Waals surface area contributed by atoms with E-state index in [0.717, 1.165) is 22.4 Å². The first-order chi connectivity index (χ1) is 15.0. The molecular weight excluding hydrogens is 412 g/mol. The first-order valence-corrected chi connectivity index (χ1v) is 10.1. The van der Waals surface area contributed by atoms with Gasteiger partial charge < -0.3 is 10.1 Å². The maximum Gasteiger partial charge on any atom is 0.295 e. The smallest absolute Gasteiger partial charge is 0.295 e. The number of aromatic nitrogens is 3. The van der Waals surface area contributed by atoms with Crippen LogP contribution < -0.4 is 10.1 Å². The minimum atomic E-state index is -0.405. The van der Waals surface area contributed by atoms with Crippen molar-refractivity contribution in [1.29, 1.82) is 0 Å². The molecule has 0 aliphatic carbocycles. The van der Waals surface area contributed by atoms with Crippen LogP contribution in [0.5, 0.6) is 5.75 Å². The molecule has 0 aliphatic heterocycles. The number of halogens is 1. The highest BCUT2D eigenvalue weighted by Crippen LogP contribution is 2.26. The fraction of sp³-hybridized carbons (Fsp3) is 0.125. The van der Waals surface area contributed by atoms with E-state index in [4.69, 9.17) is 16.3 Å². The van der Waals surface area contributed by atoms with Crippen molar-refractivity contribution in [2.24, 2.45) is 0 Å². The summed E-state index contributed by atoms with van der Waals surface area (Å²) in [7, 11) is 1.59. The van der Waals surface area contributed by atoms with Crippen LogP contribution in [0.15, 0.2) is 66.7 Å². The third-order valence-electron chi connectivity index (χ3n) is 5.05. The lowest BCUT2D eigenvalue weighted by Crippen LogP contribution is -2.14. The summed E-state index contributed by atoms with van der Waals surface area (Å²) >= 11 is 6.20. The van der Waals surface area contributed by atoms with Gasteiger partial charge in [-0.15, -0.1) is 5.10 Å². The molecule has 0 bridgehead atoms. The summed E-state index contributed by atoms with van der Waals surface area (Å²) in [5.74, 6) is 0.902. The van der Waals surface area contributed by atoms with Crippen molar-refractivity contribution in [2.45, 2.75) is 13.8 Å². The van der Waals surface area contributed by atoms with Gasteiger partial charge in [0.1, 0.15) is 5.75 Å². The summed E-state index contributed by atoms with van der Waals surface area (Å²) in [6, 6.07) is 20.3. The Balaban J connectivity index is 1.77. The number of amides is 1. The molecule has 3 aromatic carbocycles. The summed E-state index contributed by atoms with van der Waals surface area (Å²) in [4.78, 5) is 17.5. The number of methoxy groups -OCH3 is 1. The molecule has 1 amide bonds. The number of nitrogens with one attached hydrogen (secondary N) is 1. The normalized spacial score (nSPS) is 10.7. The number of ether oxygens (including phenoxy) is 1. The number of nitrogens with zero attached hydrogens (tertiary/aromatic N) is 3. The van der Waals surface area contributed by atoms with Crippen LogP contribution in [0.2, 0.25) is 5.02 Å². The molecule has 6 nitrogen and oxygen atoms in total. The van der Waals surface area contributed by atoms with Gasteiger partial charge in [-0.1, -0.05) is 35.9 Å². The van der Waals surface area contributed by atoms with E-state index in [1.807, 2.05) is 44.2 Å². The molecule has 1 N–H and O–H groups in total. The molecule has 1 aromatic heterocycles. The quantitative estimate of drug-likeness (QED) is 0.454. The molecular formula is C24H21ClN4O2. The highest BCUT2D eigenvalue weighted by Gasteiger charge is 2.20. The topological polar surface area (TPSA) is 69.0 Å². The second kappa shape index (κ2) is 8.62. The van der Waals surface area contributed by atoms with Crippen LogP contribution in [0.3, 0.4) is 0 Å². The second-order valence-electron chi connectivity index (χ2n) is 7.08. The van der Waals surface area contributed by atoms with Crippen molar-refractivity contribution in [3.8, 4) is 22.8 Å². The molecule has 0 saturated carbocycles. The van der Waals surface area contributed by atoms with Crippen molar-refractivity contribution < 1.29 is 9.53 Å². The zero-order valence-electron chi connectivity index (χ0n) is 17.4. The Hall–Kier alpha value is -3.64. The number of carbonyl (C=O) groups is 1. The molecule has 0 atom stereocenters. The fourth-order valence-corrected chi connectivity index (χ4v) is 3.41. The predicted octanol–water partition coefficient (Wildman–Crippen LogP) is 5.47. The molecule has 4 aromatic rings. The van der Waals surface area contributed by atoms with Crippen LogP contribution >= 0.6 is 11.6 Å². The van der Waals surface area contributed by atoms with Gasteiger partial charge in [-0.25, -0.2) is 9.67 Å². The van der Waals surface area contributed by atoms with Crippen LogP contribution in [0.25, 0.3) is 17.1 Å². The van der Waals surface area contributed by atoms with E-state index in [0.29, 0.717) is 22.3 Å². The minimum Gasteiger partial charge on any atom is -0.497 e. The average Bonchev–Trinajstić information content (AvgIpc) is 3.22. The first-order valence-electron chi connectivity index (χ1n) is 9.71. The van der Waals surface area contributed by atoms with E-state index in [1.165, 1.54) is 0 Å². The van der Waals surface area contributed by atoms with Gasteiger partial charge in [0.2, 0.25) is 5.82 Å². The molecule has 0 radical (unpaired) electrons. The maximum absolute atomic E-state index is 12.9. The molecule has 4 rings (SSSR count). The summed E-state index contributed by atoms with van der Waals surface area (Å²) in [5, 5.41) is 7.96. The van der Waals surface area contributed by atoms with Gasteiger partial charge in [-0.2, -0.15) is 0 Å². The fourth-order valence-electron chi connectivity index (χ4n) is 3.22. The second-order valence-corrected chi connectivity index (χ2v) is 7.52. The number of hydrogen-bond donors (Lipinski definition) is 1. The van der Waals surface area contributed by atoms with E-state index in [-0.39, 0.29) is 5.82 Å². The Kier molecular flexibility index (Phi) is 5.73. The van der Waals surface area contributed by atoms with Crippen molar-refractivity contribution in [3.63, 3.8) is 0 Å². The molecule has 0 unspecified atom stereocenters. The van der Waals surface area contributed by atoms with Crippen molar-refractivity contribution in [2.75, 3.05) is 12.4 Å². The standard InChI is InChI=1S/C24H21ClN4O2/c1-15-6-4-9-21(16(15)2)29-23(17-7-5-8-18(25)14-17)27-22(28-29)24(30)26-19-10-12-20(31-3)13-11-19/h4-14H,1-3H3,(H,26,30). The van der Waals surface area contributed by atoms with E-state index in [9.17, 15) is 4.79 Å². The number of anilines is 1. The number of rotatable bonds is 5. The third kappa shape index (κ3) is 4.29. The first kappa shape index (κ1) is 20.6. The van der Waals surface area contributed by atoms with Gasteiger partial charge in [0.25, 0.3) is 5.91 Å². The Labute approximate surface area is 185 Å². The number of carbonyl (C=O) groups excluding carboxylic acids is 1. The average molecular weight is 433 g/mol. The van der Waals surface area contributed by atoms with Crippen LogP contribution in [0, 0.1) is 13.8 Å². The van der Waals surface area contributed by atoms with E-state index >= 15 is 0 Å². The van der Waals surface area contributed by atoms with Gasteiger partial charge in [0.15, 0.2) is 5.82 Å². The molecule has 0 aliphatic rings. The van der Waals surface area contributed by atoms with Crippen LogP contribution in [0.4, 0.5) is 5.69 Å². The Morgan fingerprint density at radius 1 is 1.03 bits per heavy atom. The molecule has 7 heteroatoms. The van der Waals surface area contributed by atoms with Crippen LogP contribution in [0.1, 0.15) is 21.7 Å². The van der Waals surface area contributed by atoms with Gasteiger partial charge >= 0.3 is 0 Å². The predicted molar refractivity (Wildman–Crippen MR) is 122 cm³/mol. The van der Waals surface area contributed by atoms with Crippen molar-refractivity contribution >= 4 is 23.2 Å². The minimum absolute atomic E-state index is 0.0618. The number of benzene rings is 3. The lowest BCUT2D eigenvalue weighted by Gasteiger charge is -2.11. The third-order valence-corrected chi connectivity index (χ3v) is 5.28. The Morgan fingerprint density at radius 2 is 1.77 bits per heavy atom. The van der Waals surface area contributed by atoms with Crippen molar-refractivity contribution in [3.05, 3.63) is 88.7 Å². The molecule has 31 heavy (non-hydrogen) atoms. The molecule has 0 saturated heterocycles. The zero-order chi connectivity index (χ0) is 22.0. The molecule has 0 spiro atoms. The lowest BCUT2D eigenvalue weighted by molar-refractivity contribution is 0.101.